The van der Waals surface area contributed by atoms with Crippen LogP contribution in [-0.4, -0.2) is 23.5 Å². The number of aromatic nitrogens is 1. The second kappa shape index (κ2) is 7.56. The minimum atomic E-state index is -0.595. The van der Waals surface area contributed by atoms with Gasteiger partial charge in [0.05, 0.1) is 23.0 Å². The Bertz CT molecular complexity index is 835. The van der Waals surface area contributed by atoms with Gasteiger partial charge >= 0.3 is 5.97 Å². The van der Waals surface area contributed by atoms with Crippen LogP contribution in [0.2, 0.25) is 0 Å². The number of benzene rings is 1. The highest BCUT2D eigenvalue weighted by Gasteiger charge is 2.06. The van der Waals surface area contributed by atoms with Crippen LogP contribution in [0.4, 0.5) is 0 Å². The molecule has 1 amide bonds. The van der Waals surface area contributed by atoms with Crippen LogP contribution < -0.4 is 5.32 Å². The lowest BCUT2D eigenvalue weighted by Crippen LogP contribution is -2.27. The molecule has 7 heteroatoms. The maximum atomic E-state index is 11.6. The number of carbonyl (C=O) groups is 2. The van der Waals surface area contributed by atoms with Crippen molar-refractivity contribution in [2.75, 3.05) is 6.61 Å². The molecule has 0 aliphatic rings. The normalized spacial score (nSPS) is 11.0. The lowest BCUT2D eigenvalue weighted by atomic mass is 10.3. The highest BCUT2D eigenvalue weighted by Crippen LogP contribution is 2.22. The lowest BCUT2D eigenvalue weighted by molar-refractivity contribution is -0.143. The molecule has 0 unspecified atom stereocenters. The Morgan fingerprint density at radius 1 is 1.25 bits per heavy atom. The Labute approximate surface area is 141 Å². The van der Waals surface area contributed by atoms with E-state index in [9.17, 15) is 9.59 Å². The van der Waals surface area contributed by atoms with E-state index in [2.05, 4.69) is 10.3 Å². The smallest absolute Gasteiger partial charge is 0.331 e. The largest absolute Gasteiger partial charge is 0.467 e. The maximum absolute atomic E-state index is 11.6. The minimum Gasteiger partial charge on any atom is -0.467 e. The van der Waals surface area contributed by atoms with Gasteiger partial charge in [-0.05, 0) is 30.3 Å². The summed E-state index contributed by atoms with van der Waals surface area (Å²) in [5, 5.41) is 3.29. The third-order valence-corrected chi connectivity index (χ3v) is 4.06. The molecule has 2 heterocycles. The summed E-state index contributed by atoms with van der Waals surface area (Å²) in [4.78, 5) is 27.6. The molecule has 122 valence electrons. The number of nitrogens with zero attached hydrogens (tertiary/aromatic N) is 1. The first-order chi connectivity index (χ1) is 11.7. The van der Waals surface area contributed by atoms with Crippen LogP contribution in [0.5, 0.6) is 0 Å². The van der Waals surface area contributed by atoms with Gasteiger partial charge in [-0.25, -0.2) is 9.78 Å². The molecule has 0 saturated carbocycles. The molecule has 1 aromatic carbocycles. The number of rotatable bonds is 6. The fourth-order valence-electron chi connectivity index (χ4n) is 1.94. The quantitative estimate of drug-likeness (QED) is 0.550. The number of amides is 1. The molecular formula is C17H14N2O4S. The third kappa shape index (κ3) is 4.30. The van der Waals surface area contributed by atoms with Crippen LogP contribution in [0, 0.1) is 0 Å². The molecule has 0 saturated heterocycles. The van der Waals surface area contributed by atoms with Gasteiger partial charge in [0.15, 0.2) is 6.61 Å². The van der Waals surface area contributed by atoms with Crippen molar-refractivity contribution in [1.82, 2.24) is 10.3 Å². The monoisotopic (exact) mass is 342 g/mol. The van der Waals surface area contributed by atoms with Gasteiger partial charge < -0.3 is 14.5 Å². The number of hydrogen-bond acceptors (Lipinski definition) is 6. The molecule has 1 N–H and O–H groups in total. The zero-order chi connectivity index (χ0) is 16.8. The number of hydrogen-bond donors (Lipinski definition) is 1. The van der Waals surface area contributed by atoms with Crippen molar-refractivity contribution in [2.24, 2.45) is 0 Å². The van der Waals surface area contributed by atoms with E-state index in [1.54, 1.807) is 18.2 Å². The first-order valence-corrected chi connectivity index (χ1v) is 8.02. The Kier molecular flexibility index (Phi) is 5.02. The van der Waals surface area contributed by atoms with E-state index in [-0.39, 0.29) is 13.2 Å². The molecule has 0 fully saturated rings. The van der Waals surface area contributed by atoms with Crippen molar-refractivity contribution < 1.29 is 18.7 Å². The predicted molar refractivity (Wildman–Crippen MR) is 90.2 cm³/mol. The van der Waals surface area contributed by atoms with Crippen molar-refractivity contribution in [1.29, 1.82) is 0 Å². The number of fused-ring (bicyclic) bond motifs is 1. The average molecular weight is 342 g/mol. The van der Waals surface area contributed by atoms with E-state index in [0.29, 0.717) is 10.8 Å². The van der Waals surface area contributed by atoms with Crippen LogP contribution in [0.25, 0.3) is 16.3 Å². The molecular weight excluding hydrogens is 328 g/mol. The van der Waals surface area contributed by atoms with E-state index in [1.807, 2.05) is 24.3 Å². The maximum Gasteiger partial charge on any atom is 0.331 e. The minimum absolute atomic E-state index is 0.255. The summed E-state index contributed by atoms with van der Waals surface area (Å²) in [5.41, 5.74) is 0.882. The molecule has 2 aromatic heterocycles. The molecule has 0 spiro atoms. The first kappa shape index (κ1) is 15.9. The summed E-state index contributed by atoms with van der Waals surface area (Å²) in [5.74, 6) is -0.360. The topological polar surface area (TPSA) is 81.4 Å². The van der Waals surface area contributed by atoms with Gasteiger partial charge in [0.2, 0.25) is 0 Å². The molecule has 0 radical (unpaired) electrons. The SMILES string of the molecule is O=C(COC(=O)/C=C/c1nc2ccccc2s1)NCc1ccco1. The first-order valence-electron chi connectivity index (χ1n) is 7.20. The van der Waals surface area contributed by atoms with Gasteiger partial charge in [-0.3, -0.25) is 4.79 Å². The number of para-hydroxylation sites is 1. The summed E-state index contributed by atoms with van der Waals surface area (Å²) in [6.07, 6.45) is 4.36. The standard InChI is InChI=1S/C17H14N2O4S/c20-15(18-10-12-4-3-9-22-12)11-23-17(21)8-7-16-19-13-5-1-2-6-14(13)24-16/h1-9H,10-11H2,(H,18,20)/b8-7+. The number of thiazole rings is 1. The zero-order valence-corrected chi connectivity index (χ0v) is 13.4. The molecule has 3 aromatic rings. The molecule has 0 aliphatic carbocycles. The average Bonchev–Trinajstić information content (AvgIpc) is 3.25. The molecule has 0 atom stereocenters. The molecule has 0 aliphatic heterocycles. The van der Waals surface area contributed by atoms with Crippen molar-refractivity contribution >= 4 is 39.5 Å². The fourth-order valence-corrected chi connectivity index (χ4v) is 2.81. The summed E-state index contributed by atoms with van der Waals surface area (Å²) in [6.45, 7) is -0.0886. The highest BCUT2D eigenvalue weighted by molar-refractivity contribution is 7.19. The van der Waals surface area contributed by atoms with Crippen LogP contribution in [-0.2, 0) is 20.9 Å². The second-order valence-electron chi connectivity index (χ2n) is 4.82. The van der Waals surface area contributed by atoms with Gasteiger partial charge in [0.25, 0.3) is 5.91 Å². The number of furan rings is 1. The number of ether oxygens (including phenoxy) is 1. The van der Waals surface area contributed by atoms with Crippen molar-refractivity contribution in [3.63, 3.8) is 0 Å². The summed E-state index contributed by atoms with van der Waals surface area (Å²) in [6, 6.07) is 11.2. The number of nitrogens with one attached hydrogen (secondary N) is 1. The van der Waals surface area contributed by atoms with Gasteiger partial charge in [0, 0.05) is 6.08 Å². The van der Waals surface area contributed by atoms with Gasteiger partial charge in [-0.1, -0.05) is 12.1 Å². The van der Waals surface area contributed by atoms with E-state index >= 15 is 0 Å². The van der Waals surface area contributed by atoms with E-state index < -0.39 is 11.9 Å². The Morgan fingerprint density at radius 2 is 2.12 bits per heavy atom. The summed E-state index contributed by atoms with van der Waals surface area (Å²) in [7, 11) is 0. The predicted octanol–water partition coefficient (Wildman–Crippen LogP) is 2.76. The summed E-state index contributed by atoms with van der Waals surface area (Å²) < 4.78 is 11.0. The Balaban J connectivity index is 1.45. The van der Waals surface area contributed by atoms with Gasteiger partial charge in [-0.15, -0.1) is 11.3 Å². The van der Waals surface area contributed by atoms with E-state index in [4.69, 9.17) is 9.15 Å². The van der Waals surface area contributed by atoms with Crippen molar-refractivity contribution in [3.05, 3.63) is 59.5 Å². The van der Waals surface area contributed by atoms with Crippen LogP contribution in [0.1, 0.15) is 10.8 Å². The summed E-state index contributed by atoms with van der Waals surface area (Å²) >= 11 is 1.47. The molecule has 24 heavy (non-hydrogen) atoms. The highest BCUT2D eigenvalue weighted by atomic mass is 32.1. The third-order valence-electron chi connectivity index (χ3n) is 3.06. The van der Waals surface area contributed by atoms with Crippen LogP contribution in [0.3, 0.4) is 0 Å². The van der Waals surface area contributed by atoms with Crippen LogP contribution in [0.15, 0.2) is 53.2 Å². The van der Waals surface area contributed by atoms with Crippen molar-refractivity contribution in [2.45, 2.75) is 6.54 Å². The second-order valence-corrected chi connectivity index (χ2v) is 5.88. The number of esters is 1. The zero-order valence-electron chi connectivity index (χ0n) is 12.6. The van der Waals surface area contributed by atoms with Crippen LogP contribution >= 0.6 is 11.3 Å². The van der Waals surface area contributed by atoms with E-state index in [0.717, 1.165) is 10.2 Å². The Hall–Kier alpha value is -2.93. The molecule has 0 bridgehead atoms. The Morgan fingerprint density at radius 3 is 2.92 bits per heavy atom. The molecule has 6 nitrogen and oxygen atoms in total. The fraction of sp³-hybridized carbons (Fsp3) is 0.118. The lowest BCUT2D eigenvalue weighted by Gasteiger charge is -2.03. The van der Waals surface area contributed by atoms with Gasteiger partial charge in [0.1, 0.15) is 10.8 Å². The van der Waals surface area contributed by atoms with Gasteiger partial charge in [-0.2, -0.15) is 0 Å². The van der Waals surface area contributed by atoms with Crippen molar-refractivity contribution in [3.8, 4) is 0 Å². The van der Waals surface area contributed by atoms with E-state index in [1.165, 1.54) is 23.7 Å². The molecule has 3 rings (SSSR count). The number of carbonyl (C=O) groups excluding carboxylic acids is 2.